The number of fused-ring (bicyclic) bond motifs is 1. The van der Waals surface area contributed by atoms with Crippen LogP contribution in [0.5, 0.6) is 5.75 Å². The first-order valence-electron chi connectivity index (χ1n) is 12.8. The van der Waals surface area contributed by atoms with E-state index in [4.69, 9.17) is 9.72 Å². The summed E-state index contributed by atoms with van der Waals surface area (Å²) in [5, 5.41) is 0. The van der Waals surface area contributed by atoms with Gasteiger partial charge in [-0.2, -0.15) is 0 Å². The van der Waals surface area contributed by atoms with Crippen LogP contribution in [0.4, 0.5) is 13.2 Å². The summed E-state index contributed by atoms with van der Waals surface area (Å²) in [5.41, 5.74) is 3.06. The van der Waals surface area contributed by atoms with Crippen LogP contribution in [0.25, 0.3) is 11.2 Å². The van der Waals surface area contributed by atoms with Gasteiger partial charge in [-0.3, -0.25) is 9.59 Å². The van der Waals surface area contributed by atoms with Crippen molar-refractivity contribution in [2.24, 2.45) is 0 Å². The summed E-state index contributed by atoms with van der Waals surface area (Å²) in [4.78, 5) is 38.6. The van der Waals surface area contributed by atoms with Crippen molar-refractivity contribution in [2.75, 3.05) is 13.1 Å². The zero-order valence-electron chi connectivity index (χ0n) is 21.0. The lowest BCUT2D eigenvalue weighted by molar-refractivity contribution is -0.274. The molecule has 0 atom stereocenters. The minimum absolute atomic E-state index is 0.0270. The number of ether oxygens (including phenoxy) is 2. The SMILES string of the molecule is CC(=O)OC1CCC(c2nc3nccc(C4CCN(C(=O)c5ccc(OC(F)(F)F)cc5)CC4)c3[nH]2)CC1. The number of hydrogen-bond donors (Lipinski definition) is 1. The van der Waals surface area contributed by atoms with Gasteiger partial charge in [0.25, 0.3) is 5.91 Å². The number of carbonyl (C=O) groups is 2. The van der Waals surface area contributed by atoms with Gasteiger partial charge in [0.1, 0.15) is 17.7 Å². The molecule has 1 aliphatic carbocycles. The highest BCUT2D eigenvalue weighted by atomic mass is 19.4. The Labute approximate surface area is 217 Å². The van der Waals surface area contributed by atoms with E-state index < -0.39 is 6.36 Å². The molecule has 2 aromatic heterocycles. The minimum atomic E-state index is -4.77. The van der Waals surface area contributed by atoms with E-state index in [2.05, 4.69) is 14.7 Å². The Morgan fingerprint density at radius 3 is 2.29 bits per heavy atom. The molecule has 0 unspecified atom stereocenters. The fraction of sp³-hybridized carbons (Fsp3) is 0.481. The maximum Gasteiger partial charge on any atom is 0.573 e. The van der Waals surface area contributed by atoms with Gasteiger partial charge >= 0.3 is 12.3 Å². The molecule has 2 aliphatic rings. The zero-order chi connectivity index (χ0) is 26.9. The number of alkyl halides is 3. The summed E-state index contributed by atoms with van der Waals surface area (Å²) >= 11 is 0. The number of rotatable bonds is 5. The Bertz CT molecular complexity index is 1290. The van der Waals surface area contributed by atoms with Crippen molar-refractivity contribution < 1.29 is 32.2 Å². The number of imidazole rings is 1. The van der Waals surface area contributed by atoms with Crippen molar-refractivity contribution in [3.05, 3.63) is 53.5 Å². The first-order valence-corrected chi connectivity index (χ1v) is 12.8. The highest BCUT2D eigenvalue weighted by Crippen LogP contribution is 2.36. The number of benzene rings is 1. The van der Waals surface area contributed by atoms with Crippen molar-refractivity contribution in [1.29, 1.82) is 0 Å². The van der Waals surface area contributed by atoms with Crippen LogP contribution in [-0.2, 0) is 9.53 Å². The number of likely N-dealkylation sites (tertiary alicyclic amines) is 1. The third-order valence-electron chi connectivity index (χ3n) is 7.39. The van der Waals surface area contributed by atoms with Crippen LogP contribution < -0.4 is 4.74 Å². The van der Waals surface area contributed by atoms with Crippen molar-refractivity contribution in [3.8, 4) is 5.75 Å². The molecule has 3 aromatic rings. The molecule has 1 saturated carbocycles. The Balaban J connectivity index is 1.22. The Kier molecular flexibility index (Phi) is 7.27. The number of pyridine rings is 1. The predicted octanol–water partition coefficient (Wildman–Crippen LogP) is 5.47. The molecule has 1 N–H and O–H groups in total. The second-order valence-corrected chi connectivity index (χ2v) is 9.94. The molecule has 3 heterocycles. The number of aromatic nitrogens is 3. The summed E-state index contributed by atoms with van der Waals surface area (Å²) in [6.07, 6.45) is 1.87. The molecule has 1 aliphatic heterocycles. The standard InChI is InChI=1S/C27H29F3N4O4/c1-16(35)37-20-6-2-18(3-7-20)24-32-23-22(10-13-31-25(23)33-24)17-11-14-34(15-12-17)26(36)19-4-8-21(9-5-19)38-27(28,29)30/h4-5,8-10,13,17-18,20H,2-3,6-7,11-12,14-15H2,1H3,(H,31,32,33). The number of carbonyl (C=O) groups excluding carboxylic acids is 2. The molecule has 1 aromatic carbocycles. The second kappa shape index (κ2) is 10.6. The lowest BCUT2D eigenvalue weighted by atomic mass is 9.87. The molecule has 8 nitrogen and oxygen atoms in total. The van der Waals surface area contributed by atoms with Gasteiger partial charge in [-0.05, 0) is 80.3 Å². The summed E-state index contributed by atoms with van der Waals surface area (Å²) in [6, 6.07) is 7.02. The molecule has 11 heteroatoms. The van der Waals surface area contributed by atoms with Crippen LogP contribution >= 0.6 is 0 Å². The fourth-order valence-electron chi connectivity index (χ4n) is 5.55. The molecule has 1 saturated heterocycles. The minimum Gasteiger partial charge on any atom is -0.463 e. The van der Waals surface area contributed by atoms with Crippen LogP contribution in [-0.4, -0.2) is 57.3 Å². The summed E-state index contributed by atoms with van der Waals surface area (Å²) in [5.74, 6) is 0.580. The highest BCUT2D eigenvalue weighted by Gasteiger charge is 2.32. The van der Waals surface area contributed by atoms with Crippen molar-refractivity contribution in [2.45, 2.75) is 69.8 Å². The fourth-order valence-corrected chi connectivity index (χ4v) is 5.55. The number of amides is 1. The Hall–Kier alpha value is -3.63. The van der Waals surface area contributed by atoms with Gasteiger partial charge in [0.2, 0.25) is 0 Å². The number of H-pyrrole nitrogens is 1. The second-order valence-electron chi connectivity index (χ2n) is 9.94. The molecule has 2 fully saturated rings. The van der Waals surface area contributed by atoms with E-state index in [9.17, 15) is 22.8 Å². The first kappa shape index (κ1) is 26.0. The normalized spacial score (nSPS) is 20.9. The smallest absolute Gasteiger partial charge is 0.463 e. The van der Waals surface area contributed by atoms with Gasteiger partial charge in [-0.15, -0.1) is 13.2 Å². The van der Waals surface area contributed by atoms with Gasteiger partial charge in [-0.1, -0.05) is 0 Å². The highest BCUT2D eigenvalue weighted by molar-refractivity contribution is 5.94. The molecule has 0 radical (unpaired) electrons. The predicted molar refractivity (Wildman–Crippen MR) is 132 cm³/mol. The first-order chi connectivity index (χ1) is 18.2. The summed E-state index contributed by atoms with van der Waals surface area (Å²) < 4.78 is 46.4. The largest absolute Gasteiger partial charge is 0.573 e. The van der Waals surface area contributed by atoms with E-state index in [1.807, 2.05) is 6.07 Å². The number of piperidine rings is 1. The molecule has 0 spiro atoms. The van der Waals surface area contributed by atoms with Gasteiger partial charge in [0.05, 0.1) is 5.52 Å². The van der Waals surface area contributed by atoms with Crippen molar-refractivity contribution in [3.63, 3.8) is 0 Å². The molecular weight excluding hydrogens is 501 g/mol. The van der Waals surface area contributed by atoms with Crippen LogP contribution in [0.3, 0.4) is 0 Å². The van der Waals surface area contributed by atoms with E-state index in [-0.39, 0.29) is 35.6 Å². The monoisotopic (exact) mass is 530 g/mol. The lowest BCUT2D eigenvalue weighted by Crippen LogP contribution is -2.38. The third-order valence-corrected chi connectivity index (χ3v) is 7.39. The molecule has 202 valence electrons. The molecule has 38 heavy (non-hydrogen) atoms. The molecule has 0 bridgehead atoms. The number of esters is 1. The topological polar surface area (TPSA) is 97.4 Å². The van der Waals surface area contributed by atoms with E-state index in [1.54, 1.807) is 11.1 Å². The van der Waals surface area contributed by atoms with Crippen LogP contribution in [0.2, 0.25) is 0 Å². The number of nitrogens with one attached hydrogen (secondary N) is 1. The summed E-state index contributed by atoms with van der Waals surface area (Å²) in [6.45, 7) is 2.51. The maximum absolute atomic E-state index is 12.9. The number of halogens is 3. The maximum atomic E-state index is 12.9. The molecular formula is C27H29F3N4O4. The van der Waals surface area contributed by atoms with Gasteiger partial charge in [0, 0.05) is 37.7 Å². The van der Waals surface area contributed by atoms with Crippen molar-refractivity contribution in [1.82, 2.24) is 19.9 Å². The van der Waals surface area contributed by atoms with Gasteiger partial charge in [-0.25, -0.2) is 9.97 Å². The molecule has 5 rings (SSSR count). The van der Waals surface area contributed by atoms with Crippen molar-refractivity contribution >= 4 is 23.0 Å². The number of aromatic amines is 1. The van der Waals surface area contributed by atoms with E-state index in [1.165, 1.54) is 19.1 Å². The van der Waals surface area contributed by atoms with Gasteiger partial charge in [0.15, 0.2) is 5.65 Å². The lowest BCUT2D eigenvalue weighted by Gasteiger charge is -2.32. The zero-order valence-corrected chi connectivity index (χ0v) is 21.0. The number of hydrogen-bond acceptors (Lipinski definition) is 6. The molecule has 1 amide bonds. The quantitative estimate of drug-likeness (QED) is 0.440. The average molecular weight is 531 g/mol. The Morgan fingerprint density at radius 1 is 0.974 bits per heavy atom. The third kappa shape index (κ3) is 5.92. The van der Waals surface area contributed by atoms with E-state index >= 15 is 0 Å². The van der Waals surface area contributed by atoms with E-state index in [0.717, 1.165) is 67.6 Å². The average Bonchev–Trinajstić information content (AvgIpc) is 3.33. The van der Waals surface area contributed by atoms with Crippen LogP contribution in [0, 0.1) is 0 Å². The number of nitrogens with zero attached hydrogens (tertiary/aromatic N) is 3. The van der Waals surface area contributed by atoms with Crippen LogP contribution in [0.1, 0.15) is 79.0 Å². The van der Waals surface area contributed by atoms with Gasteiger partial charge < -0.3 is 19.4 Å². The summed E-state index contributed by atoms with van der Waals surface area (Å²) in [7, 11) is 0. The van der Waals surface area contributed by atoms with Crippen LogP contribution in [0.15, 0.2) is 36.5 Å². The van der Waals surface area contributed by atoms with E-state index in [0.29, 0.717) is 24.3 Å². The Morgan fingerprint density at radius 2 is 1.66 bits per heavy atom.